The average Bonchev–Trinajstić information content (AvgIpc) is 3.20. The molecule has 0 amide bonds. The third kappa shape index (κ3) is 44.1. The molecular weight excluding hydrogens is 693 g/mol. The Morgan fingerprint density at radius 2 is 0.804 bits per heavy atom. The van der Waals surface area contributed by atoms with Crippen molar-refractivity contribution in [3.8, 4) is 0 Å². The van der Waals surface area contributed by atoms with Gasteiger partial charge in [0.1, 0.15) is 6.61 Å². The second kappa shape index (κ2) is 46.7. The number of allylic oxidation sites excluding steroid dienone is 12. The van der Waals surface area contributed by atoms with Gasteiger partial charge in [-0.2, -0.15) is 0 Å². The molecule has 5 heteroatoms. The van der Waals surface area contributed by atoms with Gasteiger partial charge in [-0.25, -0.2) is 0 Å². The third-order valence-corrected chi connectivity index (χ3v) is 9.73. The number of hydrogen-bond acceptors (Lipinski definition) is 5. The van der Waals surface area contributed by atoms with E-state index in [4.69, 9.17) is 14.2 Å². The molecule has 5 nitrogen and oxygen atoms in total. The Morgan fingerprint density at radius 1 is 0.411 bits per heavy atom. The molecule has 0 heterocycles. The van der Waals surface area contributed by atoms with Crippen LogP contribution in [-0.2, 0) is 23.8 Å². The molecule has 0 saturated heterocycles. The van der Waals surface area contributed by atoms with Crippen molar-refractivity contribution >= 4 is 11.9 Å². The van der Waals surface area contributed by atoms with Gasteiger partial charge in [-0.05, 0) is 89.9 Å². The van der Waals surface area contributed by atoms with Crippen LogP contribution in [0, 0.1) is 0 Å². The first-order valence-electron chi connectivity index (χ1n) is 23.5. The molecular formula is C51H88O5. The van der Waals surface area contributed by atoms with Gasteiger partial charge < -0.3 is 14.2 Å². The number of unbranched alkanes of at least 4 members (excludes halogenated alkanes) is 19. The van der Waals surface area contributed by atoms with Crippen molar-refractivity contribution in [3.63, 3.8) is 0 Å². The summed E-state index contributed by atoms with van der Waals surface area (Å²) in [5.74, 6) is -0.435. The first-order valence-corrected chi connectivity index (χ1v) is 23.5. The van der Waals surface area contributed by atoms with Crippen molar-refractivity contribution in [1.29, 1.82) is 0 Å². The maximum atomic E-state index is 12.7. The van der Waals surface area contributed by atoms with Crippen LogP contribution in [0.4, 0.5) is 0 Å². The normalized spacial score (nSPS) is 12.8. The molecule has 0 saturated carbocycles. The van der Waals surface area contributed by atoms with Crippen LogP contribution in [0.1, 0.15) is 213 Å². The van der Waals surface area contributed by atoms with Gasteiger partial charge in [0.15, 0.2) is 6.10 Å². The molecule has 0 spiro atoms. The number of rotatable bonds is 42. The van der Waals surface area contributed by atoms with E-state index in [9.17, 15) is 9.59 Å². The van der Waals surface area contributed by atoms with Crippen LogP contribution in [-0.4, -0.2) is 37.9 Å². The van der Waals surface area contributed by atoms with E-state index in [-0.39, 0.29) is 25.2 Å². The van der Waals surface area contributed by atoms with E-state index in [0.717, 1.165) is 89.9 Å². The zero-order chi connectivity index (χ0) is 40.7. The highest BCUT2D eigenvalue weighted by Gasteiger charge is 2.17. The predicted octanol–water partition coefficient (Wildman–Crippen LogP) is 15.6. The molecule has 0 aromatic rings. The molecule has 0 aliphatic heterocycles. The van der Waals surface area contributed by atoms with E-state index in [1.165, 1.54) is 89.9 Å². The number of ether oxygens (including phenoxy) is 3. The standard InChI is InChI=1S/C51H88O5/c1-4-7-10-13-16-19-21-23-24-25-26-27-29-31-34-37-40-43-46-54-47-49(56-51(53)45-42-39-36-32-18-15-12-9-6-3)48-55-50(52)44-41-38-35-33-30-28-22-20-17-14-11-8-5-2/h7,10,16,19-20,22-24,26-27,31,34,49H,4-6,8-9,11-15,17-18,21,25,28-30,32-33,35-48H2,1-3H3/b10-7-,19-16-,22-20-,24-23-,27-26-,34-31-. The van der Waals surface area contributed by atoms with Gasteiger partial charge in [-0.1, -0.05) is 184 Å². The largest absolute Gasteiger partial charge is 0.462 e. The van der Waals surface area contributed by atoms with E-state index in [1.807, 2.05) is 0 Å². The highest BCUT2D eigenvalue weighted by molar-refractivity contribution is 5.70. The van der Waals surface area contributed by atoms with Crippen molar-refractivity contribution in [3.05, 3.63) is 72.9 Å². The number of carbonyl (C=O) groups excluding carboxylic acids is 2. The van der Waals surface area contributed by atoms with E-state index in [2.05, 4.69) is 93.7 Å². The minimum Gasteiger partial charge on any atom is -0.462 e. The van der Waals surface area contributed by atoms with Crippen LogP contribution in [0.15, 0.2) is 72.9 Å². The van der Waals surface area contributed by atoms with Gasteiger partial charge in [0.05, 0.1) is 6.61 Å². The van der Waals surface area contributed by atoms with Crippen molar-refractivity contribution in [1.82, 2.24) is 0 Å². The van der Waals surface area contributed by atoms with Gasteiger partial charge in [0.2, 0.25) is 0 Å². The molecule has 56 heavy (non-hydrogen) atoms. The van der Waals surface area contributed by atoms with E-state index >= 15 is 0 Å². The van der Waals surface area contributed by atoms with Crippen LogP contribution in [0.5, 0.6) is 0 Å². The lowest BCUT2D eigenvalue weighted by Gasteiger charge is -2.18. The SMILES string of the molecule is CC/C=C\C/C=C\C/C=C\C/C=C\C/C=C\CCCCOCC(COC(=O)CCCCCCC/C=C\CCCCCC)OC(=O)CCCCCCCCCCC. The molecule has 322 valence electrons. The number of esters is 2. The fourth-order valence-corrected chi connectivity index (χ4v) is 6.24. The molecule has 1 atom stereocenters. The molecule has 1 unspecified atom stereocenters. The predicted molar refractivity (Wildman–Crippen MR) is 242 cm³/mol. The summed E-state index contributed by atoms with van der Waals surface area (Å²) in [6, 6.07) is 0. The summed E-state index contributed by atoms with van der Waals surface area (Å²) in [5.41, 5.74) is 0. The lowest BCUT2D eigenvalue weighted by molar-refractivity contribution is -0.163. The van der Waals surface area contributed by atoms with Crippen molar-refractivity contribution in [2.45, 2.75) is 219 Å². The monoisotopic (exact) mass is 781 g/mol. The molecule has 0 fully saturated rings. The van der Waals surface area contributed by atoms with E-state index in [0.29, 0.717) is 19.4 Å². The van der Waals surface area contributed by atoms with E-state index < -0.39 is 6.10 Å². The highest BCUT2D eigenvalue weighted by Crippen LogP contribution is 2.13. The zero-order valence-corrected chi connectivity index (χ0v) is 36.9. The molecule has 0 bridgehead atoms. The summed E-state index contributed by atoms with van der Waals surface area (Å²) >= 11 is 0. The van der Waals surface area contributed by atoms with Crippen LogP contribution >= 0.6 is 0 Å². The summed E-state index contributed by atoms with van der Waals surface area (Å²) < 4.78 is 17.3. The summed E-state index contributed by atoms with van der Waals surface area (Å²) in [6.45, 7) is 7.57. The molecule has 0 aliphatic rings. The second-order valence-corrected chi connectivity index (χ2v) is 15.3. The Morgan fingerprint density at radius 3 is 1.32 bits per heavy atom. The Bertz CT molecular complexity index is 1020. The smallest absolute Gasteiger partial charge is 0.306 e. The van der Waals surface area contributed by atoms with Gasteiger partial charge >= 0.3 is 11.9 Å². The Balaban J connectivity index is 4.31. The summed E-state index contributed by atoms with van der Waals surface area (Å²) in [7, 11) is 0. The van der Waals surface area contributed by atoms with Crippen molar-refractivity contribution in [2.24, 2.45) is 0 Å². The molecule has 0 aromatic heterocycles. The molecule has 0 aliphatic carbocycles. The Kier molecular flexibility index (Phi) is 44.5. The minimum absolute atomic E-state index is 0.0626. The van der Waals surface area contributed by atoms with E-state index in [1.54, 1.807) is 0 Å². The van der Waals surface area contributed by atoms with Crippen molar-refractivity contribution < 1.29 is 23.8 Å². The van der Waals surface area contributed by atoms with Gasteiger partial charge in [0, 0.05) is 19.4 Å². The Labute approximate surface area is 347 Å². The maximum Gasteiger partial charge on any atom is 0.306 e. The molecule has 0 N–H and O–H groups in total. The topological polar surface area (TPSA) is 61.8 Å². The quantitative estimate of drug-likeness (QED) is 0.0351. The van der Waals surface area contributed by atoms with Crippen LogP contribution in [0.2, 0.25) is 0 Å². The van der Waals surface area contributed by atoms with Crippen LogP contribution in [0.25, 0.3) is 0 Å². The average molecular weight is 781 g/mol. The first kappa shape index (κ1) is 53.3. The summed E-state index contributed by atoms with van der Waals surface area (Å²) in [4.78, 5) is 25.2. The maximum absolute atomic E-state index is 12.7. The Hall–Kier alpha value is -2.66. The summed E-state index contributed by atoms with van der Waals surface area (Å²) in [6.07, 6.45) is 59.1. The lowest BCUT2D eigenvalue weighted by Crippen LogP contribution is -2.30. The fourth-order valence-electron chi connectivity index (χ4n) is 6.24. The van der Waals surface area contributed by atoms with Gasteiger partial charge in [-0.15, -0.1) is 0 Å². The number of carbonyl (C=O) groups is 2. The van der Waals surface area contributed by atoms with Crippen LogP contribution < -0.4 is 0 Å². The van der Waals surface area contributed by atoms with Crippen LogP contribution in [0.3, 0.4) is 0 Å². The third-order valence-electron chi connectivity index (χ3n) is 9.73. The molecule has 0 radical (unpaired) electrons. The second-order valence-electron chi connectivity index (χ2n) is 15.3. The lowest BCUT2D eigenvalue weighted by atomic mass is 10.1. The highest BCUT2D eigenvalue weighted by atomic mass is 16.6. The van der Waals surface area contributed by atoms with Crippen molar-refractivity contribution in [2.75, 3.05) is 19.8 Å². The summed E-state index contributed by atoms with van der Waals surface area (Å²) in [5, 5.41) is 0. The molecule has 0 rings (SSSR count). The van der Waals surface area contributed by atoms with Gasteiger partial charge in [-0.3, -0.25) is 9.59 Å². The molecule has 0 aromatic carbocycles. The first-order chi connectivity index (χ1) is 27.6. The minimum atomic E-state index is -0.560. The zero-order valence-electron chi connectivity index (χ0n) is 36.9. The number of hydrogen-bond donors (Lipinski definition) is 0. The fraction of sp³-hybridized carbons (Fsp3) is 0.725. The van der Waals surface area contributed by atoms with Gasteiger partial charge in [0.25, 0.3) is 0 Å².